The van der Waals surface area contributed by atoms with Gasteiger partial charge in [0, 0.05) is 50.4 Å². The average Bonchev–Trinajstić information content (AvgIpc) is 2.94. The number of rotatable bonds is 8. The topological polar surface area (TPSA) is 103 Å². The lowest BCUT2D eigenvalue weighted by Crippen LogP contribution is -2.46. The number of nitriles is 1. The lowest BCUT2D eigenvalue weighted by atomic mass is 10.0. The van der Waals surface area contributed by atoms with Crippen LogP contribution in [0.2, 0.25) is 10.0 Å². The monoisotopic (exact) mass is 567 g/mol. The summed E-state index contributed by atoms with van der Waals surface area (Å²) in [5.74, 6) is 1.70. The van der Waals surface area contributed by atoms with Gasteiger partial charge in [0.05, 0.1) is 46.7 Å². The van der Waals surface area contributed by atoms with Crippen LogP contribution in [0, 0.1) is 11.3 Å². The molecule has 0 amide bonds. The number of nitrogens with zero attached hydrogens (tertiary/aromatic N) is 4. The Hall–Kier alpha value is -3.52. The second-order valence-corrected chi connectivity index (χ2v) is 9.93. The van der Waals surface area contributed by atoms with E-state index in [1.807, 2.05) is 24.3 Å². The molecule has 1 aliphatic heterocycles. The molecule has 2 N–H and O–H groups in total. The minimum atomic E-state index is 0.361. The number of benzene rings is 3. The number of pyridine rings is 1. The highest BCUT2D eigenvalue weighted by atomic mass is 35.5. The average molecular weight is 568 g/mol. The number of methoxy groups -OCH3 is 2. The summed E-state index contributed by atoms with van der Waals surface area (Å²) in [7, 11) is 3.13. The quantitative estimate of drug-likeness (QED) is 0.259. The Labute approximate surface area is 236 Å². The molecule has 11 heteroatoms. The summed E-state index contributed by atoms with van der Waals surface area (Å²) in [5, 5.41) is 27.4. The lowest BCUT2D eigenvalue weighted by Gasteiger charge is -2.30. The first-order valence-corrected chi connectivity index (χ1v) is 13.1. The number of aromatic nitrogens is 1. The Morgan fingerprint density at radius 1 is 0.949 bits per heavy atom. The normalized spacial score (nSPS) is 14.4. The zero-order chi connectivity index (χ0) is 27.5. The van der Waals surface area contributed by atoms with Crippen molar-refractivity contribution in [3.05, 3.63) is 58.2 Å². The van der Waals surface area contributed by atoms with E-state index in [1.54, 1.807) is 19.2 Å². The molecule has 0 bridgehead atoms. The maximum atomic E-state index is 9.85. The molecule has 9 nitrogen and oxygen atoms in total. The summed E-state index contributed by atoms with van der Waals surface area (Å²) in [6.07, 6.45) is 1.53. The van der Waals surface area contributed by atoms with Gasteiger partial charge in [-0.2, -0.15) is 10.3 Å². The second kappa shape index (κ2) is 11.7. The minimum Gasteiger partial charge on any atom is -0.495 e. The lowest BCUT2D eigenvalue weighted by molar-refractivity contribution is -0.117. The maximum absolute atomic E-state index is 9.85. The molecule has 4 aromatic rings. The summed E-state index contributed by atoms with van der Waals surface area (Å²) < 4.78 is 17.1. The summed E-state index contributed by atoms with van der Waals surface area (Å²) in [5.41, 5.74) is 2.17. The molecule has 1 saturated heterocycles. The van der Waals surface area contributed by atoms with Crippen LogP contribution in [0.4, 0.5) is 11.4 Å². The number of ether oxygens (including phenoxy) is 3. The van der Waals surface area contributed by atoms with Gasteiger partial charge in [0.1, 0.15) is 18.4 Å². The third-order valence-corrected chi connectivity index (χ3v) is 7.35. The van der Waals surface area contributed by atoms with E-state index in [-0.39, 0.29) is 0 Å². The zero-order valence-electron chi connectivity index (χ0n) is 21.5. The van der Waals surface area contributed by atoms with Gasteiger partial charge in [-0.15, -0.1) is 0 Å². The number of nitrogens with one attached hydrogen (secondary N) is 1. The number of fused-ring (bicyclic) bond motifs is 2. The van der Waals surface area contributed by atoms with Gasteiger partial charge >= 0.3 is 0 Å². The number of hydrogen-bond acceptors (Lipinski definition) is 9. The van der Waals surface area contributed by atoms with Gasteiger partial charge in [0.25, 0.3) is 0 Å². The number of piperazine rings is 1. The van der Waals surface area contributed by atoms with E-state index >= 15 is 0 Å². The van der Waals surface area contributed by atoms with E-state index in [4.69, 9.17) is 37.4 Å². The predicted octanol–water partition coefficient (Wildman–Crippen LogP) is 5.71. The van der Waals surface area contributed by atoms with Crippen LogP contribution in [0.25, 0.3) is 21.7 Å². The van der Waals surface area contributed by atoms with Crippen molar-refractivity contribution in [1.82, 2.24) is 14.9 Å². The highest BCUT2D eigenvalue weighted by molar-refractivity contribution is 6.37. The van der Waals surface area contributed by atoms with Crippen molar-refractivity contribution >= 4 is 56.3 Å². The largest absolute Gasteiger partial charge is 0.495 e. The second-order valence-electron chi connectivity index (χ2n) is 9.11. The molecule has 1 aliphatic rings. The number of hydroxylamine groups is 2. The fourth-order valence-corrected chi connectivity index (χ4v) is 5.11. The molecule has 0 radical (unpaired) electrons. The molecule has 3 aromatic carbocycles. The van der Waals surface area contributed by atoms with Gasteiger partial charge in [0.15, 0.2) is 11.5 Å². The summed E-state index contributed by atoms with van der Waals surface area (Å²) in [6, 6.07) is 13.3. The van der Waals surface area contributed by atoms with Crippen LogP contribution >= 0.6 is 23.2 Å². The SMILES string of the molecule is COc1cc(Nc2c(C#N)cnc3cc4cc(OC)c(OCCN5CCN(O)CC5)cc4cc23)c(Cl)cc1Cl. The molecule has 5 rings (SSSR count). The molecule has 1 fully saturated rings. The minimum absolute atomic E-state index is 0.361. The first-order valence-electron chi connectivity index (χ1n) is 12.3. The zero-order valence-corrected chi connectivity index (χ0v) is 23.0. The summed E-state index contributed by atoms with van der Waals surface area (Å²) >= 11 is 12.7. The van der Waals surface area contributed by atoms with Crippen LogP contribution in [0.1, 0.15) is 5.56 Å². The smallest absolute Gasteiger partial charge is 0.161 e. The van der Waals surface area contributed by atoms with Crippen molar-refractivity contribution in [3.8, 4) is 23.3 Å². The number of hydrogen-bond donors (Lipinski definition) is 2. The molecule has 2 heterocycles. The Bertz CT molecular complexity index is 1570. The van der Waals surface area contributed by atoms with Crippen LogP contribution < -0.4 is 19.5 Å². The maximum Gasteiger partial charge on any atom is 0.161 e. The molecular weight excluding hydrogens is 541 g/mol. The Morgan fingerprint density at radius 3 is 2.38 bits per heavy atom. The van der Waals surface area contributed by atoms with E-state index in [0.717, 1.165) is 35.8 Å². The van der Waals surface area contributed by atoms with Gasteiger partial charge in [-0.05, 0) is 41.1 Å². The van der Waals surface area contributed by atoms with Gasteiger partial charge in [0.2, 0.25) is 0 Å². The van der Waals surface area contributed by atoms with Crippen LogP contribution in [-0.2, 0) is 0 Å². The molecule has 0 unspecified atom stereocenters. The Kier molecular flexibility index (Phi) is 8.12. The van der Waals surface area contributed by atoms with Gasteiger partial charge < -0.3 is 24.7 Å². The fourth-order valence-electron chi connectivity index (χ4n) is 4.60. The van der Waals surface area contributed by atoms with E-state index in [2.05, 4.69) is 21.3 Å². The molecule has 0 atom stereocenters. The highest BCUT2D eigenvalue weighted by Gasteiger charge is 2.17. The standard InChI is InChI=1S/C28H27Cl2N5O4/c1-37-25-14-24(21(29)13-22(25)30)33-28-19(15-31)16-32-23-10-18-11-26(38-2)27(12-17(18)9-20(23)28)39-8-7-34-3-5-35(36)6-4-34/h9-14,16,36H,3-8H2,1-2H3,(H,32,33). The summed E-state index contributed by atoms with van der Waals surface area (Å²) in [6.45, 7) is 4.03. The predicted molar refractivity (Wildman–Crippen MR) is 152 cm³/mol. The third kappa shape index (κ3) is 5.76. The van der Waals surface area contributed by atoms with Crippen molar-refractivity contribution < 1.29 is 19.4 Å². The van der Waals surface area contributed by atoms with E-state index in [9.17, 15) is 10.5 Å². The molecule has 202 valence electrons. The number of anilines is 2. The van der Waals surface area contributed by atoms with Crippen molar-refractivity contribution in [3.63, 3.8) is 0 Å². The van der Waals surface area contributed by atoms with Crippen LogP contribution in [-0.4, -0.2) is 73.7 Å². The molecule has 1 aromatic heterocycles. The van der Waals surface area contributed by atoms with Crippen molar-refractivity contribution in [2.45, 2.75) is 0 Å². The molecular formula is C28H27Cl2N5O4. The Balaban J connectivity index is 1.50. The summed E-state index contributed by atoms with van der Waals surface area (Å²) in [4.78, 5) is 6.77. The van der Waals surface area contributed by atoms with Crippen LogP contribution in [0.15, 0.2) is 42.6 Å². The molecule has 0 spiro atoms. The first kappa shape index (κ1) is 27.1. The Morgan fingerprint density at radius 2 is 1.67 bits per heavy atom. The highest BCUT2D eigenvalue weighted by Crippen LogP contribution is 2.40. The van der Waals surface area contributed by atoms with Crippen LogP contribution in [0.5, 0.6) is 17.2 Å². The van der Waals surface area contributed by atoms with Gasteiger partial charge in [-0.3, -0.25) is 9.88 Å². The van der Waals surface area contributed by atoms with E-state index in [0.29, 0.717) is 69.4 Å². The van der Waals surface area contributed by atoms with E-state index < -0.39 is 0 Å². The molecule has 0 saturated carbocycles. The van der Waals surface area contributed by atoms with Crippen molar-refractivity contribution in [2.75, 3.05) is 58.9 Å². The van der Waals surface area contributed by atoms with Crippen LogP contribution in [0.3, 0.4) is 0 Å². The fraction of sp³-hybridized carbons (Fsp3) is 0.286. The van der Waals surface area contributed by atoms with Gasteiger partial charge in [-0.25, -0.2) is 0 Å². The van der Waals surface area contributed by atoms with Crippen molar-refractivity contribution in [1.29, 1.82) is 5.26 Å². The molecule has 39 heavy (non-hydrogen) atoms. The van der Waals surface area contributed by atoms with E-state index in [1.165, 1.54) is 18.4 Å². The first-order chi connectivity index (χ1) is 18.9. The van der Waals surface area contributed by atoms with Gasteiger partial charge in [-0.1, -0.05) is 23.2 Å². The molecule has 0 aliphatic carbocycles. The number of halogens is 2. The third-order valence-electron chi connectivity index (χ3n) is 6.74. The van der Waals surface area contributed by atoms with Crippen molar-refractivity contribution in [2.24, 2.45) is 0 Å².